The van der Waals surface area contributed by atoms with Gasteiger partial charge >= 0.3 is 0 Å². The molecule has 4 heteroatoms. The van der Waals surface area contributed by atoms with Gasteiger partial charge in [0.05, 0.1) is 12.0 Å². The third-order valence-electron chi connectivity index (χ3n) is 5.23. The van der Waals surface area contributed by atoms with Gasteiger partial charge in [0, 0.05) is 6.54 Å². The first-order chi connectivity index (χ1) is 12.8. The van der Waals surface area contributed by atoms with Crippen molar-refractivity contribution in [3.63, 3.8) is 0 Å². The molecule has 0 aliphatic heterocycles. The van der Waals surface area contributed by atoms with Crippen molar-refractivity contribution < 1.29 is 9.59 Å². The maximum absolute atomic E-state index is 12.7. The van der Waals surface area contributed by atoms with Crippen LogP contribution in [-0.4, -0.2) is 18.4 Å². The van der Waals surface area contributed by atoms with Crippen molar-refractivity contribution in [3.8, 4) is 0 Å². The number of hydrogen-bond acceptors (Lipinski definition) is 2. The predicted molar refractivity (Wildman–Crippen MR) is 107 cm³/mol. The highest BCUT2D eigenvalue weighted by atomic mass is 16.2. The normalized spacial score (nSPS) is 15.1. The first kappa shape index (κ1) is 19.2. The molecule has 1 fully saturated rings. The molecule has 0 atom stereocenters. The summed E-state index contributed by atoms with van der Waals surface area (Å²) in [6, 6.07) is 18.1. The monoisotopic (exact) mass is 364 g/mol. The molecule has 2 aromatic carbocycles. The highest BCUT2D eigenvalue weighted by molar-refractivity contribution is 5.93. The molecule has 142 valence electrons. The summed E-state index contributed by atoms with van der Waals surface area (Å²) in [5.41, 5.74) is 2.96. The SMILES string of the molecule is CC(C)(C)c1ccc(C2(C(=O)NCC(=O)NCc3ccccc3)CC2)cc1. The van der Waals surface area contributed by atoms with Crippen LogP contribution in [0.2, 0.25) is 0 Å². The van der Waals surface area contributed by atoms with Crippen LogP contribution in [0.15, 0.2) is 54.6 Å². The molecular formula is C23H28N2O2. The van der Waals surface area contributed by atoms with E-state index in [-0.39, 0.29) is 23.8 Å². The molecule has 27 heavy (non-hydrogen) atoms. The highest BCUT2D eigenvalue weighted by Gasteiger charge is 2.51. The van der Waals surface area contributed by atoms with Gasteiger partial charge in [0.25, 0.3) is 0 Å². The molecule has 2 amide bonds. The smallest absolute Gasteiger partial charge is 0.239 e. The zero-order valence-corrected chi connectivity index (χ0v) is 16.3. The first-order valence-electron chi connectivity index (χ1n) is 9.51. The second kappa shape index (κ2) is 7.55. The van der Waals surface area contributed by atoms with Gasteiger partial charge in [-0.3, -0.25) is 9.59 Å². The number of nitrogens with one attached hydrogen (secondary N) is 2. The van der Waals surface area contributed by atoms with Crippen LogP contribution in [0.5, 0.6) is 0 Å². The average molecular weight is 364 g/mol. The first-order valence-corrected chi connectivity index (χ1v) is 9.51. The van der Waals surface area contributed by atoms with Crippen LogP contribution in [0.1, 0.15) is 50.3 Å². The van der Waals surface area contributed by atoms with Crippen LogP contribution in [0, 0.1) is 0 Å². The van der Waals surface area contributed by atoms with E-state index in [0.29, 0.717) is 6.54 Å². The lowest BCUT2D eigenvalue weighted by molar-refractivity contribution is -0.127. The van der Waals surface area contributed by atoms with E-state index in [4.69, 9.17) is 0 Å². The second-order valence-corrected chi connectivity index (χ2v) is 8.35. The summed E-state index contributed by atoms with van der Waals surface area (Å²) in [5.74, 6) is -0.230. The van der Waals surface area contributed by atoms with Crippen LogP contribution < -0.4 is 10.6 Å². The van der Waals surface area contributed by atoms with Gasteiger partial charge in [-0.15, -0.1) is 0 Å². The van der Waals surface area contributed by atoms with Crippen LogP contribution in [0.3, 0.4) is 0 Å². The average Bonchev–Trinajstić information content (AvgIpc) is 3.47. The van der Waals surface area contributed by atoms with Crippen LogP contribution in [0.25, 0.3) is 0 Å². The Morgan fingerprint density at radius 2 is 1.56 bits per heavy atom. The lowest BCUT2D eigenvalue weighted by atomic mass is 9.85. The van der Waals surface area contributed by atoms with Gasteiger partial charge in [-0.25, -0.2) is 0 Å². The molecule has 2 aromatic rings. The van der Waals surface area contributed by atoms with E-state index in [9.17, 15) is 9.59 Å². The van der Waals surface area contributed by atoms with E-state index in [1.54, 1.807) is 0 Å². The van der Waals surface area contributed by atoms with Crippen LogP contribution in [0.4, 0.5) is 0 Å². The molecule has 0 aromatic heterocycles. The van der Waals surface area contributed by atoms with E-state index in [0.717, 1.165) is 24.0 Å². The number of benzene rings is 2. The molecule has 0 bridgehead atoms. The van der Waals surface area contributed by atoms with Gasteiger partial charge in [-0.1, -0.05) is 75.4 Å². The molecule has 3 rings (SSSR count). The second-order valence-electron chi connectivity index (χ2n) is 8.35. The number of amides is 2. The Morgan fingerprint density at radius 3 is 2.11 bits per heavy atom. The minimum absolute atomic E-state index is 0.00743. The quantitative estimate of drug-likeness (QED) is 0.825. The third-order valence-corrected chi connectivity index (χ3v) is 5.23. The Kier molecular flexibility index (Phi) is 5.36. The predicted octanol–water partition coefficient (Wildman–Crippen LogP) is 3.45. The van der Waals surface area contributed by atoms with Crippen LogP contribution in [-0.2, 0) is 27.0 Å². The Balaban J connectivity index is 1.53. The van der Waals surface area contributed by atoms with Crippen molar-refractivity contribution in [2.24, 2.45) is 0 Å². The molecule has 0 saturated heterocycles. The summed E-state index contributed by atoms with van der Waals surface area (Å²) in [7, 11) is 0. The maximum atomic E-state index is 12.7. The Bertz CT molecular complexity index is 801. The van der Waals surface area contributed by atoms with E-state index in [2.05, 4.69) is 55.7 Å². The lowest BCUT2D eigenvalue weighted by Crippen LogP contribution is -2.41. The van der Waals surface area contributed by atoms with E-state index < -0.39 is 5.41 Å². The Hall–Kier alpha value is -2.62. The lowest BCUT2D eigenvalue weighted by Gasteiger charge is -2.21. The molecular weight excluding hydrogens is 336 g/mol. The molecule has 4 nitrogen and oxygen atoms in total. The highest BCUT2D eigenvalue weighted by Crippen LogP contribution is 2.48. The van der Waals surface area contributed by atoms with E-state index >= 15 is 0 Å². The number of carbonyl (C=O) groups excluding carboxylic acids is 2. The molecule has 0 unspecified atom stereocenters. The summed E-state index contributed by atoms with van der Waals surface area (Å²) in [5, 5.41) is 5.65. The molecule has 0 heterocycles. The van der Waals surface area contributed by atoms with Crippen molar-refractivity contribution in [1.29, 1.82) is 0 Å². The molecule has 0 spiro atoms. The Morgan fingerprint density at radius 1 is 0.926 bits per heavy atom. The summed E-state index contributed by atoms with van der Waals surface area (Å²) in [6.45, 7) is 7.00. The molecule has 1 aliphatic rings. The van der Waals surface area contributed by atoms with Gasteiger partial charge < -0.3 is 10.6 Å². The van der Waals surface area contributed by atoms with Gasteiger partial charge in [-0.2, -0.15) is 0 Å². The minimum Gasteiger partial charge on any atom is -0.350 e. The van der Waals surface area contributed by atoms with E-state index in [1.807, 2.05) is 30.3 Å². The minimum atomic E-state index is -0.462. The van der Waals surface area contributed by atoms with Crippen molar-refractivity contribution >= 4 is 11.8 Å². The summed E-state index contributed by atoms with van der Waals surface area (Å²) >= 11 is 0. The van der Waals surface area contributed by atoms with Gasteiger partial charge in [-0.05, 0) is 34.9 Å². The van der Waals surface area contributed by atoms with Crippen molar-refractivity contribution in [1.82, 2.24) is 10.6 Å². The standard InChI is InChI=1S/C23H28N2O2/c1-22(2,3)18-9-11-19(12-10-18)23(13-14-23)21(27)25-16-20(26)24-15-17-7-5-4-6-8-17/h4-12H,13-16H2,1-3H3,(H,24,26)(H,25,27). The van der Waals surface area contributed by atoms with Gasteiger partial charge in [0.15, 0.2) is 0 Å². The summed E-state index contributed by atoms with van der Waals surface area (Å²) in [6.07, 6.45) is 1.67. The third kappa shape index (κ3) is 4.57. The molecule has 1 saturated carbocycles. The molecule has 2 N–H and O–H groups in total. The van der Waals surface area contributed by atoms with Crippen molar-refractivity contribution in [2.75, 3.05) is 6.54 Å². The fraction of sp³-hybridized carbons (Fsp3) is 0.391. The van der Waals surface area contributed by atoms with E-state index in [1.165, 1.54) is 5.56 Å². The molecule has 1 aliphatic carbocycles. The summed E-state index contributed by atoms with van der Waals surface area (Å²) in [4.78, 5) is 24.7. The zero-order chi connectivity index (χ0) is 19.5. The topological polar surface area (TPSA) is 58.2 Å². The Labute approximate surface area is 161 Å². The van der Waals surface area contributed by atoms with Crippen molar-refractivity contribution in [2.45, 2.75) is 51.0 Å². The fourth-order valence-corrected chi connectivity index (χ4v) is 3.25. The zero-order valence-electron chi connectivity index (χ0n) is 16.3. The fourth-order valence-electron chi connectivity index (χ4n) is 3.25. The van der Waals surface area contributed by atoms with Crippen LogP contribution >= 0.6 is 0 Å². The number of carbonyl (C=O) groups is 2. The van der Waals surface area contributed by atoms with Crippen molar-refractivity contribution in [3.05, 3.63) is 71.3 Å². The number of rotatable bonds is 6. The van der Waals surface area contributed by atoms with Gasteiger partial charge in [0.1, 0.15) is 0 Å². The molecule has 0 radical (unpaired) electrons. The largest absolute Gasteiger partial charge is 0.350 e. The maximum Gasteiger partial charge on any atom is 0.239 e. The summed E-state index contributed by atoms with van der Waals surface area (Å²) < 4.78 is 0. The van der Waals surface area contributed by atoms with Gasteiger partial charge in [0.2, 0.25) is 11.8 Å². The number of hydrogen-bond donors (Lipinski definition) is 2.